The van der Waals surface area contributed by atoms with Gasteiger partial charge in [-0.15, -0.1) is 0 Å². The van der Waals surface area contributed by atoms with Gasteiger partial charge in [0.15, 0.2) is 0 Å². The number of likely N-dealkylation sites (N-methyl/N-ethyl adjacent to an activating group) is 1. The number of fused-ring (bicyclic) bond motifs is 1. The average Bonchev–Trinajstić information content (AvgIpc) is 2.95. The van der Waals surface area contributed by atoms with Gasteiger partial charge in [0, 0.05) is 19.1 Å². The summed E-state index contributed by atoms with van der Waals surface area (Å²) in [6.07, 6.45) is 18.3. The second-order valence-corrected chi connectivity index (χ2v) is 11.9. The van der Waals surface area contributed by atoms with Gasteiger partial charge in [0.05, 0.1) is 7.11 Å². The fraction of sp³-hybridized carbons (Fsp3) is 0.543. The first kappa shape index (κ1) is 28.0. The van der Waals surface area contributed by atoms with Crippen molar-refractivity contribution < 1.29 is 9.84 Å². The van der Waals surface area contributed by atoms with Crippen LogP contribution in [0.15, 0.2) is 66.5 Å². The number of nitrogens with zero attached hydrogens (tertiary/aromatic N) is 2. The molecule has 3 atom stereocenters. The van der Waals surface area contributed by atoms with E-state index >= 15 is 0 Å². The minimum atomic E-state index is 0.311. The van der Waals surface area contributed by atoms with Gasteiger partial charge >= 0.3 is 0 Å². The number of allylic oxidation sites excluding steroid dienone is 1. The molecule has 4 nitrogen and oxygen atoms in total. The van der Waals surface area contributed by atoms with Gasteiger partial charge in [-0.3, -0.25) is 4.90 Å². The van der Waals surface area contributed by atoms with Gasteiger partial charge in [-0.1, -0.05) is 62.6 Å². The lowest BCUT2D eigenvalue weighted by atomic mass is 9.72. The Bertz CT molecular complexity index is 1110. The molecular weight excluding hydrogens is 480 g/mol. The van der Waals surface area contributed by atoms with Crippen LogP contribution in [0, 0.1) is 11.8 Å². The molecule has 4 heteroatoms. The topological polar surface area (TPSA) is 35.9 Å². The maximum absolute atomic E-state index is 9.93. The first-order valence-electron chi connectivity index (χ1n) is 15.4. The molecule has 2 aromatic rings. The van der Waals surface area contributed by atoms with Crippen molar-refractivity contribution in [2.45, 2.75) is 77.3 Å². The van der Waals surface area contributed by atoms with Crippen LogP contribution in [0.3, 0.4) is 0 Å². The van der Waals surface area contributed by atoms with Crippen molar-refractivity contribution in [2.75, 3.05) is 33.3 Å². The number of hydrogen-bond acceptors (Lipinski definition) is 4. The highest BCUT2D eigenvalue weighted by atomic mass is 16.5. The first-order chi connectivity index (χ1) is 19.1. The van der Waals surface area contributed by atoms with Crippen molar-refractivity contribution in [3.63, 3.8) is 0 Å². The van der Waals surface area contributed by atoms with Crippen molar-refractivity contribution in [1.29, 1.82) is 0 Å². The van der Waals surface area contributed by atoms with Gasteiger partial charge in [0.1, 0.15) is 11.5 Å². The van der Waals surface area contributed by atoms with Crippen LogP contribution < -0.4 is 0 Å². The number of phenols is 1. The third-order valence-corrected chi connectivity index (χ3v) is 9.35. The molecule has 39 heavy (non-hydrogen) atoms. The molecule has 0 amide bonds. The highest BCUT2D eigenvalue weighted by Gasteiger charge is 2.34. The Kier molecular flexibility index (Phi) is 9.81. The van der Waals surface area contributed by atoms with E-state index in [1.54, 1.807) is 7.11 Å². The third-order valence-electron chi connectivity index (χ3n) is 9.35. The fourth-order valence-corrected chi connectivity index (χ4v) is 6.97. The van der Waals surface area contributed by atoms with Crippen LogP contribution >= 0.6 is 0 Å². The maximum atomic E-state index is 9.93. The third kappa shape index (κ3) is 7.35. The largest absolute Gasteiger partial charge is 0.508 e. The molecule has 1 saturated heterocycles. The van der Waals surface area contributed by atoms with Crippen molar-refractivity contribution >= 4 is 0 Å². The van der Waals surface area contributed by atoms with Crippen LogP contribution in [0.1, 0.15) is 67.7 Å². The summed E-state index contributed by atoms with van der Waals surface area (Å²) in [6, 6.07) is 15.7. The van der Waals surface area contributed by atoms with E-state index in [1.807, 2.05) is 12.1 Å². The van der Waals surface area contributed by atoms with Crippen molar-refractivity contribution in [3.05, 3.63) is 88.7 Å². The van der Waals surface area contributed by atoms with Crippen molar-refractivity contribution in [3.8, 4) is 5.75 Å². The number of aromatic hydroxyl groups is 1. The molecule has 5 rings (SSSR count). The van der Waals surface area contributed by atoms with E-state index in [4.69, 9.17) is 4.74 Å². The quantitative estimate of drug-likeness (QED) is 0.384. The maximum Gasteiger partial charge on any atom is 0.116 e. The minimum Gasteiger partial charge on any atom is -0.508 e. The molecule has 0 bridgehead atoms. The Morgan fingerprint density at radius 2 is 1.69 bits per heavy atom. The number of ether oxygens (including phenoxy) is 1. The van der Waals surface area contributed by atoms with Crippen molar-refractivity contribution in [2.24, 2.45) is 11.8 Å². The molecule has 1 N–H and O–H groups in total. The second kappa shape index (κ2) is 13.7. The summed E-state index contributed by atoms with van der Waals surface area (Å²) in [5.41, 5.74) is 5.55. The number of benzene rings is 2. The smallest absolute Gasteiger partial charge is 0.116 e. The summed E-state index contributed by atoms with van der Waals surface area (Å²) in [4.78, 5) is 5.30. The standard InChI is InChI=1S/C35H48N2O2/c1-3-37(26-28-11-9-27(10-12-28)19-22-36-20-7-5-4-6-8-21-36)35-25-33(39-2)17-18-34(35)31-14-13-30-24-32(38)16-15-29(30)23-31/h9-12,15-18,24-25,31,34-35,38H,3-8,13-14,19-23,26H2,1-2H3/t31-,34?,35?/m1/s1. The normalized spacial score (nSPS) is 24.1. The number of phenolic OH excluding ortho intramolecular Hbond substituents is 1. The summed E-state index contributed by atoms with van der Waals surface area (Å²) >= 11 is 0. The van der Waals surface area contributed by atoms with E-state index in [1.165, 1.54) is 74.0 Å². The van der Waals surface area contributed by atoms with Gasteiger partial charge in [0.2, 0.25) is 0 Å². The first-order valence-corrected chi connectivity index (χ1v) is 15.4. The summed E-state index contributed by atoms with van der Waals surface area (Å²) < 4.78 is 5.69. The van der Waals surface area contributed by atoms with E-state index < -0.39 is 0 Å². The molecular formula is C35H48N2O2. The Morgan fingerprint density at radius 3 is 2.44 bits per heavy atom. The lowest BCUT2D eigenvalue weighted by molar-refractivity contribution is 0.147. The fourth-order valence-electron chi connectivity index (χ4n) is 6.97. The van der Waals surface area contributed by atoms with Crippen LogP contribution in [0.2, 0.25) is 0 Å². The molecule has 2 aromatic carbocycles. The number of rotatable bonds is 9. The molecule has 0 spiro atoms. The zero-order valence-electron chi connectivity index (χ0n) is 24.2. The minimum absolute atomic E-state index is 0.311. The van der Waals surface area contributed by atoms with Crippen LogP contribution in [-0.4, -0.2) is 54.2 Å². The Hall–Kier alpha value is -2.56. The zero-order chi connectivity index (χ0) is 27.0. The number of aryl methyl sites for hydroxylation is 1. The predicted molar refractivity (Wildman–Crippen MR) is 161 cm³/mol. The monoisotopic (exact) mass is 528 g/mol. The molecule has 0 aromatic heterocycles. The van der Waals surface area contributed by atoms with E-state index in [0.29, 0.717) is 23.6 Å². The molecule has 1 fully saturated rings. The van der Waals surface area contributed by atoms with Crippen LogP contribution in [-0.2, 0) is 30.5 Å². The predicted octanol–water partition coefficient (Wildman–Crippen LogP) is 6.91. The van der Waals surface area contributed by atoms with Crippen molar-refractivity contribution in [1.82, 2.24) is 9.80 Å². The van der Waals surface area contributed by atoms with Gasteiger partial charge in [-0.2, -0.15) is 0 Å². The molecule has 0 saturated carbocycles. The van der Waals surface area contributed by atoms with E-state index in [-0.39, 0.29) is 0 Å². The lowest BCUT2D eigenvalue weighted by Crippen LogP contribution is -2.43. The van der Waals surface area contributed by atoms with Crippen LogP contribution in [0.4, 0.5) is 0 Å². The highest BCUT2D eigenvalue weighted by molar-refractivity contribution is 5.37. The second-order valence-electron chi connectivity index (χ2n) is 11.9. The molecule has 2 aliphatic carbocycles. The summed E-state index contributed by atoms with van der Waals surface area (Å²) in [5.74, 6) is 2.38. The summed E-state index contributed by atoms with van der Waals surface area (Å²) in [5, 5.41) is 9.93. The van der Waals surface area contributed by atoms with Crippen LogP contribution in [0.5, 0.6) is 5.75 Å². The molecule has 1 aliphatic heterocycles. The molecule has 2 unspecified atom stereocenters. The average molecular weight is 529 g/mol. The van der Waals surface area contributed by atoms with Crippen LogP contribution in [0.25, 0.3) is 0 Å². The highest BCUT2D eigenvalue weighted by Crippen LogP contribution is 2.38. The van der Waals surface area contributed by atoms with E-state index in [2.05, 4.69) is 65.3 Å². The van der Waals surface area contributed by atoms with E-state index in [9.17, 15) is 5.11 Å². The Morgan fingerprint density at radius 1 is 0.949 bits per heavy atom. The Balaban J connectivity index is 1.23. The Labute approximate surface area is 236 Å². The summed E-state index contributed by atoms with van der Waals surface area (Å²) in [6.45, 7) is 7.95. The number of methoxy groups -OCH3 is 1. The van der Waals surface area contributed by atoms with E-state index in [0.717, 1.165) is 44.5 Å². The SMILES string of the molecule is CCN(Cc1ccc(CCN2CCCCCCC2)cc1)C1C=C(OC)C=CC1[C@@H]1CCc2cc(O)ccc2C1. The molecule has 1 heterocycles. The molecule has 210 valence electrons. The van der Waals surface area contributed by atoms with Gasteiger partial charge in [-0.25, -0.2) is 0 Å². The van der Waals surface area contributed by atoms with Gasteiger partial charge in [0.25, 0.3) is 0 Å². The number of likely N-dealkylation sites (tertiary alicyclic amines) is 1. The molecule has 0 radical (unpaired) electrons. The molecule has 3 aliphatic rings. The zero-order valence-corrected chi connectivity index (χ0v) is 24.2. The summed E-state index contributed by atoms with van der Waals surface area (Å²) in [7, 11) is 1.78. The number of hydrogen-bond donors (Lipinski definition) is 1. The van der Waals surface area contributed by atoms with Gasteiger partial charge in [-0.05, 0) is 117 Å². The lowest BCUT2D eigenvalue weighted by Gasteiger charge is -2.41. The van der Waals surface area contributed by atoms with Gasteiger partial charge < -0.3 is 14.7 Å².